The summed E-state index contributed by atoms with van der Waals surface area (Å²) in [6.07, 6.45) is 2.21. The normalized spacial score (nSPS) is 16.3. The highest BCUT2D eigenvalue weighted by Crippen LogP contribution is 2.25. The summed E-state index contributed by atoms with van der Waals surface area (Å²) in [6, 6.07) is 5.21. The third kappa shape index (κ3) is 4.13. The van der Waals surface area contributed by atoms with E-state index in [2.05, 4.69) is 11.6 Å². The molecule has 0 aromatic carbocycles. The van der Waals surface area contributed by atoms with Gasteiger partial charge in [0.25, 0.3) is 5.91 Å². The van der Waals surface area contributed by atoms with Gasteiger partial charge >= 0.3 is 0 Å². The molecule has 0 atom stereocenters. The average Bonchev–Trinajstić information content (AvgIpc) is 3.24. The highest BCUT2D eigenvalue weighted by atomic mass is 32.2. The fourth-order valence-electron chi connectivity index (χ4n) is 3.03. The van der Waals surface area contributed by atoms with Gasteiger partial charge in [-0.05, 0) is 49.3 Å². The van der Waals surface area contributed by atoms with Crippen molar-refractivity contribution >= 4 is 38.6 Å². The molecule has 0 aliphatic carbocycles. The predicted molar refractivity (Wildman–Crippen MR) is 102 cm³/mol. The average molecular weight is 399 g/mol. The number of hydrogen-bond acceptors (Lipinski definition) is 5. The second-order valence-electron chi connectivity index (χ2n) is 6.17. The zero-order valence-electron chi connectivity index (χ0n) is 14.3. The van der Waals surface area contributed by atoms with Crippen LogP contribution >= 0.6 is 22.7 Å². The van der Waals surface area contributed by atoms with Gasteiger partial charge in [0.05, 0.1) is 4.88 Å². The second-order valence-corrected chi connectivity index (χ2v) is 10.3. The van der Waals surface area contributed by atoms with Gasteiger partial charge in [-0.15, -0.1) is 22.7 Å². The molecule has 0 radical (unpaired) electrons. The Kier molecular flexibility index (Phi) is 5.62. The smallest absolute Gasteiger partial charge is 0.263 e. The first kappa shape index (κ1) is 18.6. The van der Waals surface area contributed by atoms with Crippen molar-refractivity contribution in [2.24, 2.45) is 0 Å². The van der Waals surface area contributed by atoms with Gasteiger partial charge < -0.3 is 4.90 Å². The number of piperidine rings is 1. The number of aryl methyl sites for hydroxylation is 2. The molecule has 0 unspecified atom stereocenters. The highest BCUT2D eigenvalue weighted by Gasteiger charge is 2.28. The Morgan fingerprint density at radius 3 is 2.64 bits per heavy atom. The lowest BCUT2D eigenvalue weighted by molar-refractivity contribution is 0.0716. The summed E-state index contributed by atoms with van der Waals surface area (Å²) in [7, 11) is -3.45. The summed E-state index contributed by atoms with van der Waals surface area (Å²) in [5, 5.41) is 1.75. The summed E-state index contributed by atoms with van der Waals surface area (Å²) in [5.41, 5.74) is 1.23. The van der Waals surface area contributed by atoms with E-state index in [1.165, 1.54) is 21.8 Å². The van der Waals surface area contributed by atoms with Crippen LogP contribution < -0.4 is 4.72 Å². The van der Waals surface area contributed by atoms with Crippen molar-refractivity contribution < 1.29 is 13.2 Å². The minimum Gasteiger partial charge on any atom is -0.338 e. The van der Waals surface area contributed by atoms with E-state index < -0.39 is 10.0 Å². The fraction of sp³-hybridized carbons (Fsp3) is 0.471. The molecule has 2 aromatic heterocycles. The van der Waals surface area contributed by atoms with E-state index in [0.29, 0.717) is 30.1 Å². The molecule has 3 rings (SSSR count). The van der Waals surface area contributed by atoms with Crippen LogP contribution in [-0.4, -0.2) is 38.4 Å². The molecule has 2 aromatic rings. The molecule has 1 aliphatic heterocycles. The van der Waals surface area contributed by atoms with Gasteiger partial charge in [0.1, 0.15) is 4.21 Å². The molecule has 136 valence electrons. The minimum atomic E-state index is -3.45. The van der Waals surface area contributed by atoms with Gasteiger partial charge in [-0.2, -0.15) is 0 Å². The van der Waals surface area contributed by atoms with Gasteiger partial charge in [0.2, 0.25) is 10.0 Å². The van der Waals surface area contributed by atoms with Gasteiger partial charge in [-0.3, -0.25) is 4.79 Å². The molecule has 1 saturated heterocycles. The predicted octanol–water partition coefficient (Wildman–Crippen LogP) is 3.26. The standard InChI is InChI=1S/C17H22N2O3S3/c1-3-13-11-15(24-12(13)2)17(20)19-8-6-14(7-9-19)18-25(21,22)16-5-4-10-23-16/h4-5,10-11,14,18H,3,6-9H2,1-2H3. The third-order valence-corrected chi connectivity index (χ3v) is 8.47. The van der Waals surface area contributed by atoms with Crippen molar-refractivity contribution in [1.82, 2.24) is 9.62 Å². The Bertz CT molecular complexity index is 833. The molecule has 1 amide bonds. The maximum atomic E-state index is 12.7. The number of rotatable bonds is 5. The number of amides is 1. The summed E-state index contributed by atoms with van der Waals surface area (Å²) in [4.78, 5) is 16.5. The zero-order valence-corrected chi connectivity index (χ0v) is 16.8. The van der Waals surface area contributed by atoms with E-state index in [9.17, 15) is 13.2 Å². The fourth-order valence-corrected chi connectivity index (χ4v) is 6.42. The Morgan fingerprint density at radius 1 is 1.36 bits per heavy atom. The summed E-state index contributed by atoms with van der Waals surface area (Å²) >= 11 is 2.76. The van der Waals surface area contributed by atoms with Crippen LogP contribution in [0.15, 0.2) is 27.8 Å². The quantitative estimate of drug-likeness (QED) is 0.841. The lowest BCUT2D eigenvalue weighted by Crippen LogP contribution is -2.46. The van der Waals surface area contributed by atoms with Crippen molar-refractivity contribution in [3.05, 3.63) is 38.9 Å². The monoisotopic (exact) mass is 398 g/mol. The van der Waals surface area contributed by atoms with E-state index in [1.807, 2.05) is 17.9 Å². The van der Waals surface area contributed by atoms with Crippen molar-refractivity contribution in [2.75, 3.05) is 13.1 Å². The molecular formula is C17H22N2O3S3. The van der Waals surface area contributed by atoms with Gasteiger partial charge in [0.15, 0.2) is 0 Å². The largest absolute Gasteiger partial charge is 0.338 e. The van der Waals surface area contributed by atoms with Crippen molar-refractivity contribution in [3.63, 3.8) is 0 Å². The van der Waals surface area contributed by atoms with Crippen molar-refractivity contribution in [2.45, 2.75) is 43.4 Å². The van der Waals surface area contributed by atoms with Gasteiger partial charge in [0, 0.05) is 24.0 Å². The Hall–Kier alpha value is -1.22. The molecular weight excluding hydrogens is 376 g/mol. The molecule has 8 heteroatoms. The molecule has 5 nitrogen and oxygen atoms in total. The first-order valence-corrected chi connectivity index (χ1v) is 11.5. The number of nitrogens with one attached hydrogen (secondary N) is 1. The second kappa shape index (κ2) is 7.57. The van der Waals surface area contributed by atoms with Crippen LogP contribution in [0.4, 0.5) is 0 Å². The molecule has 0 saturated carbocycles. The number of sulfonamides is 1. The molecule has 25 heavy (non-hydrogen) atoms. The van der Waals surface area contributed by atoms with E-state index in [1.54, 1.807) is 28.8 Å². The summed E-state index contributed by atoms with van der Waals surface area (Å²) in [5.74, 6) is 0.0624. The molecule has 3 heterocycles. The van der Waals surface area contributed by atoms with Crippen LogP contribution in [0.25, 0.3) is 0 Å². The molecule has 0 spiro atoms. The number of hydrogen-bond donors (Lipinski definition) is 1. The first-order valence-electron chi connectivity index (χ1n) is 8.35. The third-order valence-electron chi connectivity index (χ3n) is 4.48. The lowest BCUT2D eigenvalue weighted by atomic mass is 10.1. The maximum absolute atomic E-state index is 12.7. The molecule has 0 bridgehead atoms. The number of thiophene rings is 2. The highest BCUT2D eigenvalue weighted by molar-refractivity contribution is 7.91. The first-order chi connectivity index (χ1) is 11.9. The minimum absolute atomic E-state index is 0.0624. The van der Waals surface area contributed by atoms with Crippen molar-refractivity contribution in [1.29, 1.82) is 0 Å². The lowest BCUT2D eigenvalue weighted by Gasteiger charge is -2.31. The van der Waals surface area contributed by atoms with E-state index in [0.717, 1.165) is 11.3 Å². The Morgan fingerprint density at radius 2 is 2.08 bits per heavy atom. The number of likely N-dealkylation sites (tertiary alicyclic amines) is 1. The van der Waals surface area contributed by atoms with E-state index >= 15 is 0 Å². The summed E-state index contributed by atoms with van der Waals surface area (Å²) < 4.78 is 27.7. The van der Waals surface area contributed by atoms with Crippen LogP contribution in [0.1, 0.15) is 39.9 Å². The van der Waals surface area contributed by atoms with Crippen LogP contribution in [0, 0.1) is 6.92 Å². The number of carbonyl (C=O) groups is 1. The topological polar surface area (TPSA) is 66.5 Å². The van der Waals surface area contributed by atoms with Crippen LogP contribution in [0.2, 0.25) is 0 Å². The van der Waals surface area contributed by atoms with Crippen LogP contribution in [0.3, 0.4) is 0 Å². The molecule has 1 aliphatic rings. The van der Waals surface area contributed by atoms with Crippen LogP contribution in [-0.2, 0) is 16.4 Å². The van der Waals surface area contributed by atoms with E-state index in [4.69, 9.17) is 0 Å². The van der Waals surface area contributed by atoms with Crippen LogP contribution in [0.5, 0.6) is 0 Å². The van der Waals surface area contributed by atoms with Gasteiger partial charge in [-0.1, -0.05) is 13.0 Å². The molecule has 1 N–H and O–H groups in total. The van der Waals surface area contributed by atoms with Crippen molar-refractivity contribution in [3.8, 4) is 0 Å². The molecule has 1 fully saturated rings. The van der Waals surface area contributed by atoms with E-state index in [-0.39, 0.29) is 11.9 Å². The van der Waals surface area contributed by atoms with Gasteiger partial charge in [-0.25, -0.2) is 13.1 Å². The zero-order chi connectivity index (χ0) is 18.0. The Balaban J connectivity index is 1.59. The number of carbonyl (C=O) groups excluding carboxylic acids is 1. The SMILES string of the molecule is CCc1cc(C(=O)N2CCC(NS(=O)(=O)c3cccs3)CC2)sc1C. The number of nitrogens with zero attached hydrogens (tertiary/aromatic N) is 1. The maximum Gasteiger partial charge on any atom is 0.263 e. The Labute approximate surface area is 156 Å². The summed E-state index contributed by atoms with van der Waals surface area (Å²) in [6.45, 7) is 5.30.